The average Bonchev–Trinajstić information content (AvgIpc) is 2.28. The van der Waals surface area contributed by atoms with Crippen LogP contribution < -0.4 is 5.73 Å². The van der Waals surface area contributed by atoms with Crippen molar-refractivity contribution in [2.75, 3.05) is 12.3 Å². The van der Waals surface area contributed by atoms with Crippen LogP contribution in [0, 0.1) is 0 Å². The molecule has 2 rings (SSSR count). The highest BCUT2D eigenvalue weighted by molar-refractivity contribution is 5.51. The van der Waals surface area contributed by atoms with Gasteiger partial charge in [-0.05, 0) is 37.5 Å². The number of benzene rings is 1. The van der Waals surface area contributed by atoms with Gasteiger partial charge in [0, 0.05) is 24.8 Å². The van der Waals surface area contributed by atoms with E-state index in [9.17, 15) is 5.11 Å². The molecule has 0 spiro atoms. The highest BCUT2D eigenvalue weighted by Gasteiger charge is 2.23. The van der Waals surface area contributed by atoms with E-state index < -0.39 is 0 Å². The maximum atomic E-state index is 9.61. The Morgan fingerprint density at radius 1 is 1.38 bits per heavy atom. The van der Waals surface area contributed by atoms with Gasteiger partial charge in [-0.3, -0.25) is 4.90 Å². The zero-order valence-electron chi connectivity index (χ0n) is 9.98. The topological polar surface area (TPSA) is 49.5 Å². The third-order valence-corrected chi connectivity index (χ3v) is 3.61. The maximum absolute atomic E-state index is 9.61. The second kappa shape index (κ2) is 4.44. The molecule has 0 saturated heterocycles. The standard InChI is InChI=1S/C13H20N2O/c1-9(10(2)16)15-7-6-12-11(8-15)4-3-5-13(12)14/h3-5,9-10,16H,6-8,14H2,1-2H3. The van der Waals surface area contributed by atoms with Gasteiger partial charge in [-0.1, -0.05) is 12.1 Å². The Morgan fingerprint density at radius 2 is 2.12 bits per heavy atom. The molecule has 0 radical (unpaired) electrons. The van der Waals surface area contributed by atoms with Gasteiger partial charge in [0.1, 0.15) is 0 Å². The van der Waals surface area contributed by atoms with Gasteiger partial charge in [-0.15, -0.1) is 0 Å². The lowest BCUT2D eigenvalue weighted by molar-refractivity contribution is 0.0627. The number of anilines is 1. The Bertz CT molecular complexity index is 376. The van der Waals surface area contributed by atoms with Gasteiger partial charge in [0.05, 0.1) is 6.10 Å². The van der Waals surface area contributed by atoms with Gasteiger partial charge in [-0.2, -0.15) is 0 Å². The quantitative estimate of drug-likeness (QED) is 0.741. The number of aliphatic hydroxyl groups is 1. The molecule has 1 heterocycles. The Labute approximate surface area is 96.9 Å². The summed E-state index contributed by atoms with van der Waals surface area (Å²) < 4.78 is 0. The second-order valence-corrected chi connectivity index (χ2v) is 4.69. The Morgan fingerprint density at radius 3 is 2.81 bits per heavy atom. The van der Waals surface area contributed by atoms with E-state index in [1.165, 1.54) is 11.1 Å². The van der Waals surface area contributed by atoms with Crippen molar-refractivity contribution in [2.24, 2.45) is 0 Å². The molecular formula is C13H20N2O. The fourth-order valence-corrected chi connectivity index (χ4v) is 2.31. The first-order valence-corrected chi connectivity index (χ1v) is 5.88. The number of nitrogens with zero attached hydrogens (tertiary/aromatic N) is 1. The summed E-state index contributed by atoms with van der Waals surface area (Å²) in [6.07, 6.45) is 0.696. The van der Waals surface area contributed by atoms with E-state index in [-0.39, 0.29) is 12.1 Å². The van der Waals surface area contributed by atoms with Crippen LogP contribution in [0.4, 0.5) is 5.69 Å². The van der Waals surface area contributed by atoms with Crippen LogP contribution >= 0.6 is 0 Å². The van der Waals surface area contributed by atoms with Gasteiger partial charge in [0.2, 0.25) is 0 Å². The molecule has 1 aliphatic rings. The predicted molar refractivity (Wildman–Crippen MR) is 66.1 cm³/mol. The molecule has 1 aliphatic heterocycles. The van der Waals surface area contributed by atoms with Crippen LogP contribution in [0.5, 0.6) is 0 Å². The molecule has 88 valence electrons. The summed E-state index contributed by atoms with van der Waals surface area (Å²) in [5.74, 6) is 0. The first-order valence-electron chi connectivity index (χ1n) is 5.88. The van der Waals surface area contributed by atoms with Crippen LogP contribution in [0.2, 0.25) is 0 Å². The third kappa shape index (κ3) is 2.06. The lowest BCUT2D eigenvalue weighted by Crippen LogP contribution is -2.43. The summed E-state index contributed by atoms with van der Waals surface area (Å²) in [5.41, 5.74) is 9.45. The second-order valence-electron chi connectivity index (χ2n) is 4.69. The molecule has 3 heteroatoms. The van der Waals surface area contributed by atoms with Gasteiger partial charge >= 0.3 is 0 Å². The van der Waals surface area contributed by atoms with E-state index in [0.717, 1.165) is 25.2 Å². The first kappa shape index (κ1) is 11.4. The molecule has 3 nitrogen and oxygen atoms in total. The molecule has 0 aromatic heterocycles. The minimum absolute atomic E-state index is 0.203. The van der Waals surface area contributed by atoms with Gasteiger partial charge < -0.3 is 10.8 Å². The number of nitrogen functional groups attached to an aromatic ring is 1. The van der Waals surface area contributed by atoms with E-state index in [1.54, 1.807) is 0 Å². The highest BCUT2D eigenvalue weighted by Crippen LogP contribution is 2.25. The summed E-state index contributed by atoms with van der Waals surface area (Å²) >= 11 is 0. The van der Waals surface area contributed by atoms with E-state index >= 15 is 0 Å². The fraction of sp³-hybridized carbons (Fsp3) is 0.538. The van der Waals surface area contributed by atoms with Crippen LogP contribution in [0.25, 0.3) is 0 Å². The smallest absolute Gasteiger partial charge is 0.0664 e. The molecule has 2 atom stereocenters. The van der Waals surface area contributed by atoms with Crippen LogP contribution in [0.15, 0.2) is 18.2 Å². The Balaban J connectivity index is 2.18. The van der Waals surface area contributed by atoms with Crippen LogP contribution in [-0.4, -0.2) is 28.7 Å². The van der Waals surface area contributed by atoms with Crippen molar-refractivity contribution < 1.29 is 5.11 Å². The molecule has 1 aromatic carbocycles. The van der Waals surface area contributed by atoms with E-state index in [1.807, 2.05) is 19.1 Å². The molecule has 1 aromatic rings. The minimum atomic E-state index is -0.289. The van der Waals surface area contributed by atoms with Crippen LogP contribution in [0.1, 0.15) is 25.0 Å². The molecule has 0 saturated carbocycles. The van der Waals surface area contributed by atoms with Crippen molar-refractivity contribution in [3.05, 3.63) is 29.3 Å². The van der Waals surface area contributed by atoms with E-state index in [4.69, 9.17) is 5.73 Å². The molecule has 3 N–H and O–H groups in total. The lowest BCUT2D eigenvalue weighted by Gasteiger charge is -2.35. The van der Waals surface area contributed by atoms with Crippen molar-refractivity contribution in [2.45, 2.75) is 39.0 Å². The number of nitrogens with two attached hydrogens (primary N) is 1. The van der Waals surface area contributed by atoms with Crippen LogP contribution in [0.3, 0.4) is 0 Å². The number of aliphatic hydroxyl groups excluding tert-OH is 1. The molecule has 16 heavy (non-hydrogen) atoms. The molecule has 0 amide bonds. The summed E-state index contributed by atoms with van der Waals surface area (Å²) in [7, 11) is 0. The molecule has 0 bridgehead atoms. The fourth-order valence-electron chi connectivity index (χ4n) is 2.31. The molecule has 0 fully saturated rings. The Hall–Kier alpha value is -1.06. The zero-order chi connectivity index (χ0) is 11.7. The summed E-state index contributed by atoms with van der Waals surface area (Å²) in [4.78, 5) is 2.31. The molecular weight excluding hydrogens is 200 g/mol. The monoisotopic (exact) mass is 220 g/mol. The van der Waals surface area contributed by atoms with Gasteiger partial charge in [0.15, 0.2) is 0 Å². The van der Waals surface area contributed by atoms with Crippen molar-refractivity contribution >= 4 is 5.69 Å². The predicted octanol–water partition coefficient (Wildman–Crippen LogP) is 1.40. The molecule has 2 unspecified atom stereocenters. The summed E-state index contributed by atoms with van der Waals surface area (Å²) in [6, 6.07) is 6.30. The normalized spacial score (nSPS) is 20.2. The summed E-state index contributed by atoms with van der Waals surface area (Å²) in [5, 5.41) is 9.61. The van der Waals surface area contributed by atoms with E-state index in [0.29, 0.717) is 0 Å². The highest BCUT2D eigenvalue weighted by atomic mass is 16.3. The largest absolute Gasteiger partial charge is 0.398 e. The van der Waals surface area contributed by atoms with Crippen molar-refractivity contribution in [3.63, 3.8) is 0 Å². The van der Waals surface area contributed by atoms with E-state index in [2.05, 4.69) is 17.9 Å². The lowest BCUT2D eigenvalue weighted by atomic mass is 9.96. The first-order chi connectivity index (χ1) is 7.59. The van der Waals surface area contributed by atoms with Crippen molar-refractivity contribution in [1.29, 1.82) is 0 Å². The summed E-state index contributed by atoms with van der Waals surface area (Å²) in [6.45, 7) is 5.79. The zero-order valence-corrected chi connectivity index (χ0v) is 9.98. The maximum Gasteiger partial charge on any atom is 0.0664 e. The van der Waals surface area contributed by atoms with Crippen molar-refractivity contribution in [1.82, 2.24) is 4.90 Å². The minimum Gasteiger partial charge on any atom is -0.398 e. The number of rotatable bonds is 2. The number of hydrogen-bond donors (Lipinski definition) is 2. The number of fused-ring (bicyclic) bond motifs is 1. The average molecular weight is 220 g/mol. The third-order valence-electron chi connectivity index (χ3n) is 3.61. The van der Waals surface area contributed by atoms with Crippen molar-refractivity contribution in [3.8, 4) is 0 Å². The van der Waals surface area contributed by atoms with Gasteiger partial charge in [-0.25, -0.2) is 0 Å². The SMILES string of the molecule is CC(O)C(C)N1CCc2c(N)cccc2C1. The van der Waals surface area contributed by atoms with Crippen LogP contribution in [-0.2, 0) is 13.0 Å². The number of hydrogen-bond acceptors (Lipinski definition) is 3. The molecule has 0 aliphatic carbocycles. The Kier molecular flexibility index (Phi) is 3.17. The van der Waals surface area contributed by atoms with Gasteiger partial charge in [0.25, 0.3) is 0 Å².